The van der Waals surface area contributed by atoms with Crippen molar-refractivity contribution in [2.24, 2.45) is 10.8 Å². The zero-order valence-electron chi connectivity index (χ0n) is 13.2. The summed E-state index contributed by atoms with van der Waals surface area (Å²) in [6, 6.07) is 11.3. The summed E-state index contributed by atoms with van der Waals surface area (Å²) in [5.74, 6) is -0.228. The second kappa shape index (κ2) is 7.68. The molecule has 0 fully saturated rings. The van der Waals surface area contributed by atoms with Crippen molar-refractivity contribution in [3.8, 4) is 0 Å². The predicted octanol–water partition coefficient (Wildman–Crippen LogP) is 2.47. The van der Waals surface area contributed by atoms with Crippen LogP contribution in [0.4, 0.5) is 21.9 Å². The lowest BCUT2D eigenvalue weighted by Gasteiger charge is -2.14. The quantitative estimate of drug-likeness (QED) is 0.491. The van der Waals surface area contributed by atoms with Crippen LogP contribution in [0.15, 0.2) is 53.6 Å². The number of anilines is 2. The molecule has 0 atom stereocenters. The number of nitrogens with zero attached hydrogens (tertiary/aromatic N) is 3. The highest BCUT2D eigenvalue weighted by Gasteiger charge is 2.14. The highest BCUT2D eigenvalue weighted by atomic mass is 16.6. The van der Waals surface area contributed by atoms with Crippen molar-refractivity contribution in [3.63, 3.8) is 0 Å². The summed E-state index contributed by atoms with van der Waals surface area (Å²) in [7, 11) is 0. The van der Waals surface area contributed by atoms with Crippen LogP contribution >= 0.6 is 0 Å². The van der Waals surface area contributed by atoms with Crippen LogP contribution in [0, 0.1) is 10.1 Å². The first-order valence-electron chi connectivity index (χ1n) is 7.13. The zero-order chi connectivity index (χ0) is 18.4. The maximum Gasteiger partial charge on any atom is 0.340 e. The first-order chi connectivity index (χ1) is 11.9. The van der Waals surface area contributed by atoms with E-state index < -0.39 is 11.0 Å². The molecule has 0 aromatic heterocycles. The molecule has 3 N–H and O–H groups in total. The fourth-order valence-corrected chi connectivity index (χ4v) is 2.02. The number of hydrogen-bond acceptors (Lipinski definition) is 5. The van der Waals surface area contributed by atoms with Crippen LogP contribution in [0.2, 0.25) is 0 Å². The fraction of sp³-hybridized carbons (Fsp3) is 0.0625. The van der Waals surface area contributed by atoms with Crippen LogP contribution in [-0.2, 0) is 4.79 Å². The molecule has 0 aliphatic carbocycles. The predicted molar refractivity (Wildman–Crippen MR) is 93.5 cm³/mol. The van der Waals surface area contributed by atoms with E-state index >= 15 is 0 Å². The number of nitrogens with one attached hydrogen (secondary N) is 1. The van der Waals surface area contributed by atoms with Gasteiger partial charge in [-0.2, -0.15) is 10.1 Å². The third kappa shape index (κ3) is 4.61. The first kappa shape index (κ1) is 17.6. The molecular formula is C16H15N5O4. The van der Waals surface area contributed by atoms with Crippen LogP contribution < -0.4 is 16.1 Å². The fourth-order valence-electron chi connectivity index (χ4n) is 2.02. The van der Waals surface area contributed by atoms with Gasteiger partial charge in [0.1, 0.15) is 0 Å². The molecule has 2 aromatic carbocycles. The summed E-state index contributed by atoms with van der Waals surface area (Å²) in [5, 5.41) is 18.4. The van der Waals surface area contributed by atoms with E-state index in [0.717, 1.165) is 5.01 Å². The van der Waals surface area contributed by atoms with Crippen molar-refractivity contribution >= 4 is 35.2 Å². The average Bonchev–Trinajstić information content (AvgIpc) is 2.56. The Morgan fingerprint density at radius 3 is 2.40 bits per heavy atom. The van der Waals surface area contributed by atoms with Crippen LogP contribution in [0.1, 0.15) is 12.5 Å². The average molecular weight is 341 g/mol. The first-order valence-corrected chi connectivity index (χ1v) is 7.13. The molecule has 9 nitrogen and oxygen atoms in total. The van der Waals surface area contributed by atoms with Crippen molar-refractivity contribution in [1.82, 2.24) is 0 Å². The van der Waals surface area contributed by atoms with Crippen molar-refractivity contribution < 1.29 is 14.5 Å². The number of nitrogens with two attached hydrogens (primary N) is 1. The molecule has 3 amide bonds. The second-order valence-electron chi connectivity index (χ2n) is 4.94. The van der Waals surface area contributed by atoms with Gasteiger partial charge >= 0.3 is 6.03 Å². The Bertz CT molecular complexity index is 833. The monoisotopic (exact) mass is 341 g/mol. The number of hydrazone groups is 1. The number of urea groups is 1. The molecule has 0 bridgehead atoms. The molecule has 0 aliphatic heterocycles. The van der Waals surface area contributed by atoms with E-state index in [9.17, 15) is 19.7 Å². The summed E-state index contributed by atoms with van der Waals surface area (Å²) in [4.78, 5) is 33.1. The van der Waals surface area contributed by atoms with Crippen molar-refractivity contribution in [3.05, 3.63) is 64.2 Å². The lowest BCUT2D eigenvalue weighted by atomic mass is 10.2. The standard InChI is InChI=1S/C16H15N5O4/c1-11(22)19-13-6-8-14(9-7-13)20(16(17)23)18-10-12-4-2-3-5-15(12)21(24)25/h2-10H,1H3,(H2,17,23)(H,19,22)/b18-10+. The van der Waals surface area contributed by atoms with Gasteiger partial charge in [0.05, 0.1) is 22.4 Å². The Morgan fingerprint density at radius 2 is 1.84 bits per heavy atom. The van der Waals surface area contributed by atoms with Gasteiger partial charge in [0.2, 0.25) is 5.91 Å². The van der Waals surface area contributed by atoms with Crippen molar-refractivity contribution in [2.75, 3.05) is 10.3 Å². The largest absolute Gasteiger partial charge is 0.350 e. The molecule has 2 rings (SSSR count). The molecule has 2 aromatic rings. The molecular weight excluding hydrogens is 326 g/mol. The minimum absolute atomic E-state index is 0.142. The van der Waals surface area contributed by atoms with E-state index in [1.165, 1.54) is 43.5 Å². The Balaban J connectivity index is 2.29. The van der Waals surface area contributed by atoms with Crippen LogP contribution in [0.5, 0.6) is 0 Å². The topological polar surface area (TPSA) is 131 Å². The second-order valence-corrected chi connectivity index (χ2v) is 4.94. The molecule has 0 saturated carbocycles. The van der Waals surface area contributed by atoms with Crippen LogP contribution in [0.3, 0.4) is 0 Å². The van der Waals surface area contributed by atoms with Gasteiger partial charge in [-0.1, -0.05) is 12.1 Å². The van der Waals surface area contributed by atoms with Gasteiger partial charge in [0.15, 0.2) is 0 Å². The number of carbonyl (C=O) groups excluding carboxylic acids is 2. The summed E-state index contributed by atoms with van der Waals surface area (Å²) in [6.07, 6.45) is 1.19. The van der Waals surface area contributed by atoms with Crippen LogP contribution in [-0.4, -0.2) is 23.1 Å². The summed E-state index contributed by atoms with van der Waals surface area (Å²) in [6.45, 7) is 1.38. The number of benzene rings is 2. The number of carbonyl (C=O) groups is 2. The molecule has 0 spiro atoms. The molecule has 0 aliphatic rings. The molecule has 25 heavy (non-hydrogen) atoms. The Kier molecular flexibility index (Phi) is 5.41. The number of rotatable bonds is 5. The maximum absolute atomic E-state index is 11.6. The van der Waals surface area contributed by atoms with E-state index in [4.69, 9.17) is 5.73 Å². The number of nitro benzene ring substituents is 1. The minimum Gasteiger partial charge on any atom is -0.350 e. The van der Waals surface area contributed by atoms with Crippen LogP contribution in [0.25, 0.3) is 0 Å². The highest BCUT2D eigenvalue weighted by molar-refractivity contribution is 5.94. The molecule has 0 unspecified atom stereocenters. The summed E-state index contributed by atoms with van der Waals surface area (Å²) in [5.41, 5.74) is 6.30. The summed E-state index contributed by atoms with van der Waals surface area (Å²) < 4.78 is 0. The van der Waals surface area contributed by atoms with E-state index in [1.807, 2.05) is 0 Å². The van der Waals surface area contributed by atoms with Crippen molar-refractivity contribution in [1.29, 1.82) is 0 Å². The Hall–Kier alpha value is -3.75. The van der Waals surface area contributed by atoms with Gasteiger partial charge in [-0.25, -0.2) is 4.79 Å². The van der Waals surface area contributed by atoms with E-state index in [0.29, 0.717) is 11.4 Å². The van der Waals surface area contributed by atoms with Gasteiger partial charge < -0.3 is 11.1 Å². The lowest BCUT2D eigenvalue weighted by Crippen LogP contribution is -2.31. The molecule has 9 heteroatoms. The molecule has 128 valence electrons. The van der Waals surface area contributed by atoms with E-state index in [2.05, 4.69) is 10.4 Å². The Labute approximate surface area is 142 Å². The smallest absolute Gasteiger partial charge is 0.340 e. The highest BCUT2D eigenvalue weighted by Crippen LogP contribution is 2.20. The SMILES string of the molecule is CC(=O)Nc1ccc(N(/N=C/c2ccccc2[N+](=O)[O-])C(N)=O)cc1. The minimum atomic E-state index is -0.859. The number of nitro groups is 1. The maximum atomic E-state index is 11.6. The van der Waals surface area contributed by atoms with Gasteiger partial charge in [-0.05, 0) is 30.3 Å². The number of primary amides is 1. The molecule has 0 radical (unpaired) electrons. The lowest BCUT2D eigenvalue weighted by molar-refractivity contribution is -0.385. The third-order valence-electron chi connectivity index (χ3n) is 3.09. The van der Waals surface area contributed by atoms with Gasteiger partial charge in [-0.15, -0.1) is 0 Å². The number of amides is 3. The van der Waals surface area contributed by atoms with E-state index in [-0.39, 0.29) is 17.2 Å². The number of hydrogen-bond donors (Lipinski definition) is 2. The normalized spacial score (nSPS) is 10.4. The van der Waals surface area contributed by atoms with E-state index in [1.54, 1.807) is 18.2 Å². The van der Waals surface area contributed by atoms with Gasteiger partial charge in [0, 0.05) is 18.7 Å². The Morgan fingerprint density at radius 1 is 1.20 bits per heavy atom. The van der Waals surface area contributed by atoms with Gasteiger partial charge in [0.25, 0.3) is 5.69 Å². The third-order valence-corrected chi connectivity index (χ3v) is 3.09. The van der Waals surface area contributed by atoms with Gasteiger partial charge in [-0.3, -0.25) is 14.9 Å². The number of para-hydroxylation sites is 1. The van der Waals surface area contributed by atoms with Crippen molar-refractivity contribution in [2.45, 2.75) is 6.92 Å². The molecule has 0 heterocycles. The summed E-state index contributed by atoms with van der Waals surface area (Å²) >= 11 is 0. The molecule has 0 saturated heterocycles. The zero-order valence-corrected chi connectivity index (χ0v) is 13.2.